The van der Waals surface area contributed by atoms with Gasteiger partial charge in [0.2, 0.25) is 0 Å². The van der Waals surface area contributed by atoms with Gasteiger partial charge in [-0.3, -0.25) is 9.80 Å². The first kappa shape index (κ1) is 19.5. The smallest absolute Gasteiger partial charge is 0.328 e. The summed E-state index contributed by atoms with van der Waals surface area (Å²) in [5, 5.41) is 27.9. The lowest BCUT2D eigenvalue weighted by molar-refractivity contribution is -0.138. The molecule has 1 aliphatic rings. The van der Waals surface area contributed by atoms with Gasteiger partial charge in [-0.05, 0) is 36.8 Å². The summed E-state index contributed by atoms with van der Waals surface area (Å²) in [7, 11) is 0. The summed E-state index contributed by atoms with van der Waals surface area (Å²) in [5.41, 5.74) is 0.940. The maximum absolute atomic E-state index is 13.3. The van der Waals surface area contributed by atoms with Crippen LogP contribution < -0.4 is 10.3 Å². The minimum absolute atomic E-state index is 0.0505. The number of amides is 1. The molecule has 28 heavy (non-hydrogen) atoms. The Morgan fingerprint density at radius 2 is 1.93 bits per heavy atom. The van der Waals surface area contributed by atoms with Crippen LogP contribution in [0.3, 0.4) is 0 Å². The van der Waals surface area contributed by atoms with E-state index in [0.717, 1.165) is 0 Å². The molecule has 2 aromatic rings. The largest absolute Gasteiger partial charge is 0.480 e. The zero-order valence-electron chi connectivity index (χ0n) is 15.1. The number of carbonyl (C=O) groups excluding carboxylic acids is 1. The molecule has 0 fully saturated rings. The number of carbonyl (C=O) groups is 2. The van der Waals surface area contributed by atoms with Crippen LogP contribution in [0.4, 0.5) is 10.1 Å². The van der Waals surface area contributed by atoms with Crippen LogP contribution in [0.25, 0.3) is 0 Å². The van der Waals surface area contributed by atoms with Gasteiger partial charge in [0.15, 0.2) is 6.04 Å². The Morgan fingerprint density at radius 1 is 1.21 bits per heavy atom. The molecule has 1 heterocycles. The summed E-state index contributed by atoms with van der Waals surface area (Å²) in [6.07, 6.45) is -1.19. The highest BCUT2D eigenvalue weighted by molar-refractivity contribution is 6.40. The molecule has 3 N–H and O–H groups in total. The molecule has 0 bridgehead atoms. The van der Waals surface area contributed by atoms with Crippen molar-refractivity contribution in [2.24, 2.45) is 5.10 Å². The third-order valence-corrected chi connectivity index (χ3v) is 4.50. The number of hydrazone groups is 1. The van der Waals surface area contributed by atoms with Gasteiger partial charge in [0.05, 0.1) is 17.8 Å². The van der Waals surface area contributed by atoms with E-state index in [1.54, 1.807) is 43.3 Å². The predicted octanol–water partition coefficient (Wildman–Crippen LogP) is 2.08. The number of benzene rings is 2. The Hall–Kier alpha value is -3.26. The SMILES string of the molecule is CC(NC(=O)C1=NN(c2ccccc2)C(C(=O)O)C1)C(O)c1cccc(F)c1. The van der Waals surface area contributed by atoms with E-state index in [0.29, 0.717) is 11.3 Å². The molecule has 7 nitrogen and oxygen atoms in total. The fourth-order valence-corrected chi connectivity index (χ4v) is 3.01. The lowest BCUT2D eigenvalue weighted by Crippen LogP contribution is -2.41. The Kier molecular flexibility index (Phi) is 5.70. The number of hydrogen-bond donors (Lipinski definition) is 3. The van der Waals surface area contributed by atoms with Crippen LogP contribution in [0.5, 0.6) is 0 Å². The van der Waals surface area contributed by atoms with Crippen molar-refractivity contribution in [3.8, 4) is 0 Å². The van der Waals surface area contributed by atoms with Crippen LogP contribution in [0, 0.1) is 5.82 Å². The molecule has 1 amide bonds. The number of hydrogen-bond acceptors (Lipinski definition) is 5. The quantitative estimate of drug-likeness (QED) is 0.707. The van der Waals surface area contributed by atoms with Gasteiger partial charge in [-0.15, -0.1) is 0 Å². The van der Waals surface area contributed by atoms with Crippen LogP contribution >= 0.6 is 0 Å². The van der Waals surface area contributed by atoms with Gasteiger partial charge < -0.3 is 15.5 Å². The second-order valence-corrected chi connectivity index (χ2v) is 6.55. The van der Waals surface area contributed by atoms with E-state index in [-0.39, 0.29) is 12.1 Å². The molecule has 8 heteroatoms. The number of carboxylic acid groups (broad SMARTS) is 1. The third kappa shape index (κ3) is 4.17. The van der Waals surface area contributed by atoms with E-state index < -0.39 is 35.9 Å². The Bertz CT molecular complexity index is 903. The highest BCUT2D eigenvalue weighted by Crippen LogP contribution is 2.25. The van der Waals surface area contributed by atoms with Crippen LogP contribution in [-0.4, -0.2) is 39.9 Å². The summed E-state index contributed by atoms with van der Waals surface area (Å²) in [4.78, 5) is 24.1. The number of nitrogens with one attached hydrogen (secondary N) is 1. The average Bonchev–Trinajstić information content (AvgIpc) is 3.14. The zero-order valence-corrected chi connectivity index (χ0v) is 15.1. The van der Waals surface area contributed by atoms with E-state index in [2.05, 4.69) is 10.4 Å². The van der Waals surface area contributed by atoms with Gasteiger partial charge in [-0.2, -0.15) is 5.10 Å². The van der Waals surface area contributed by atoms with E-state index in [4.69, 9.17) is 0 Å². The monoisotopic (exact) mass is 385 g/mol. The molecule has 0 saturated carbocycles. The van der Waals surface area contributed by atoms with Crippen LogP contribution in [-0.2, 0) is 9.59 Å². The predicted molar refractivity (Wildman–Crippen MR) is 101 cm³/mol. The second kappa shape index (κ2) is 8.18. The molecule has 0 aromatic heterocycles. The molecule has 146 valence electrons. The van der Waals surface area contributed by atoms with Crippen molar-refractivity contribution in [1.29, 1.82) is 0 Å². The zero-order chi connectivity index (χ0) is 20.3. The molecule has 0 spiro atoms. The number of aliphatic hydroxyl groups excluding tert-OH is 1. The van der Waals surface area contributed by atoms with Crippen LogP contribution in [0.15, 0.2) is 59.7 Å². The van der Waals surface area contributed by atoms with Gasteiger partial charge in [-0.1, -0.05) is 30.3 Å². The molecular formula is C20H20FN3O4. The van der Waals surface area contributed by atoms with Crippen molar-refractivity contribution in [2.45, 2.75) is 31.5 Å². The number of rotatable bonds is 6. The molecule has 2 aromatic carbocycles. The molecular weight excluding hydrogens is 365 g/mol. The number of aliphatic carboxylic acids is 1. The summed E-state index contributed by atoms with van der Waals surface area (Å²) in [6.45, 7) is 1.58. The van der Waals surface area contributed by atoms with Crippen LogP contribution in [0.2, 0.25) is 0 Å². The van der Waals surface area contributed by atoms with Crippen LogP contribution in [0.1, 0.15) is 25.0 Å². The molecule has 3 rings (SSSR count). The molecule has 0 saturated heterocycles. The van der Waals surface area contributed by atoms with Gasteiger partial charge in [0, 0.05) is 6.42 Å². The van der Waals surface area contributed by atoms with Crippen molar-refractivity contribution in [3.05, 3.63) is 66.0 Å². The van der Waals surface area contributed by atoms with Crippen molar-refractivity contribution < 1.29 is 24.2 Å². The normalized spacial score (nSPS) is 18.3. The fourth-order valence-electron chi connectivity index (χ4n) is 3.01. The van der Waals surface area contributed by atoms with Gasteiger partial charge in [0.25, 0.3) is 5.91 Å². The van der Waals surface area contributed by atoms with Crippen molar-refractivity contribution >= 4 is 23.3 Å². The summed E-state index contributed by atoms with van der Waals surface area (Å²) in [6, 6.07) is 12.5. The Morgan fingerprint density at radius 3 is 2.57 bits per heavy atom. The van der Waals surface area contributed by atoms with Crippen molar-refractivity contribution in [1.82, 2.24) is 5.32 Å². The first-order chi connectivity index (χ1) is 13.4. The lowest BCUT2D eigenvalue weighted by Gasteiger charge is -2.20. The summed E-state index contributed by atoms with van der Waals surface area (Å²) < 4.78 is 13.3. The van der Waals surface area contributed by atoms with Gasteiger partial charge >= 0.3 is 5.97 Å². The highest BCUT2D eigenvalue weighted by Gasteiger charge is 2.36. The minimum atomic E-state index is -1.12. The van der Waals surface area contributed by atoms with E-state index >= 15 is 0 Å². The minimum Gasteiger partial charge on any atom is -0.480 e. The maximum Gasteiger partial charge on any atom is 0.328 e. The highest BCUT2D eigenvalue weighted by atomic mass is 19.1. The van der Waals surface area contributed by atoms with E-state index in [1.807, 2.05) is 0 Å². The number of halogens is 1. The molecule has 3 atom stereocenters. The Balaban J connectivity index is 1.73. The van der Waals surface area contributed by atoms with Crippen molar-refractivity contribution in [2.75, 3.05) is 5.01 Å². The number of nitrogens with zero attached hydrogens (tertiary/aromatic N) is 2. The van der Waals surface area contributed by atoms with E-state index in [9.17, 15) is 24.2 Å². The second-order valence-electron chi connectivity index (χ2n) is 6.55. The molecule has 0 aliphatic carbocycles. The standard InChI is InChI=1S/C20H20FN3O4/c1-12(18(25)13-6-5-7-14(21)10-13)22-19(26)16-11-17(20(27)28)24(23-16)15-8-3-2-4-9-15/h2-10,12,17-18,25H,11H2,1H3,(H,22,26)(H,27,28). The average molecular weight is 385 g/mol. The topological polar surface area (TPSA) is 102 Å². The maximum atomic E-state index is 13.3. The first-order valence-electron chi connectivity index (χ1n) is 8.76. The number of anilines is 1. The molecule has 0 radical (unpaired) electrons. The van der Waals surface area contributed by atoms with Gasteiger partial charge in [0.1, 0.15) is 11.5 Å². The first-order valence-corrected chi connectivity index (χ1v) is 8.76. The lowest BCUT2D eigenvalue weighted by atomic mass is 10.0. The fraction of sp³-hybridized carbons (Fsp3) is 0.250. The van der Waals surface area contributed by atoms with E-state index in [1.165, 1.54) is 23.2 Å². The third-order valence-electron chi connectivity index (χ3n) is 4.50. The Labute approximate surface area is 161 Å². The van der Waals surface area contributed by atoms with Crippen molar-refractivity contribution in [3.63, 3.8) is 0 Å². The number of aliphatic hydroxyl groups is 1. The number of para-hydroxylation sites is 1. The summed E-state index contributed by atoms with van der Waals surface area (Å²) >= 11 is 0. The number of carboxylic acids is 1. The summed E-state index contributed by atoms with van der Waals surface area (Å²) in [5.74, 6) is -2.16. The molecule has 3 unspecified atom stereocenters. The molecule has 1 aliphatic heterocycles. The van der Waals surface area contributed by atoms with Gasteiger partial charge in [-0.25, -0.2) is 9.18 Å².